The first-order chi connectivity index (χ1) is 10.2. The number of rotatable bonds is 7. The van der Waals surface area contributed by atoms with Crippen LogP contribution in [0.2, 0.25) is 0 Å². The van der Waals surface area contributed by atoms with Crippen molar-refractivity contribution in [2.24, 2.45) is 0 Å². The Bertz CT molecular complexity index is 432. The van der Waals surface area contributed by atoms with Gasteiger partial charge >= 0.3 is 0 Å². The fraction of sp³-hybridized carbons (Fsp3) is 0.812. The third kappa shape index (κ3) is 4.41. The van der Waals surface area contributed by atoms with Gasteiger partial charge in [0.2, 0.25) is 0 Å². The van der Waals surface area contributed by atoms with Crippen molar-refractivity contribution in [1.82, 2.24) is 15.2 Å². The summed E-state index contributed by atoms with van der Waals surface area (Å²) in [7, 11) is 4.44. The van der Waals surface area contributed by atoms with Crippen LogP contribution in [0.5, 0.6) is 0 Å². The monoisotopic (exact) mass is 310 g/mol. The Balaban J connectivity index is 2.04. The van der Waals surface area contributed by atoms with Crippen LogP contribution in [-0.4, -0.2) is 49.7 Å². The molecule has 1 unspecified atom stereocenters. The van der Waals surface area contributed by atoms with E-state index in [0.717, 1.165) is 26.1 Å². The number of hydrogen-bond acceptors (Lipinski definition) is 5. The van der Waals surface area contributed by atoms with Gasteiger partial charge in [0.1, 0.15) is 0 Å². The van der Waals surface area contributed by atoms with Crippen LogP contribution in [0.15, 0.2) is 0 Å². The van der Waals surface area contributed by atoms with E-state index in [1.807, 2.05) is 11.3 Å². The summed E-state index contributed by atoms with van der Waals surface area (Å²) in [6.45, 7) is 8.85. The molecule has 1 aliphatic heterocycles. The lowest BCUT2D eigenvalue weighted by Gasteiger charge is -2.35. The van der Waals surface area contributed by atoms with Crippen molar-refractivity contribution in [3.8, 4) is 0 Å². The molecule has 0 radical (unpaired) electrons. The Kier molecular flexibility index (Phi) is 6.45. The minimum Gasteiger partial charge on any atom is -0.347 e. The highest BCUT2D eigenvalue weighted by molar-refractivity contribution is 7.15. The second-order valence-corrected chi connectivity index (χ2v) is 7.13. The quantitative estimate of drug-likeness (QED) is 0.785. The molecule has 5 heteroatoms. The van der Waals surface area contributed by atoms with E-state index in [1.165, 1.54) is 41.5 Å². The number of anilines is 1. The van der Waals surface area contributed by atoms with Crippen LogP contribution in [-0.2, 0) is 13.0 Å². The summed E-state index contributed by atoms with van der Waals surface area (Å²) in [6, 6.07) is 0.607. The summed E-state index contributed by atoms with van der Waals surface area (Å²) in [4.78, 5) is 11.1. The predicted molar refractivity (Wildman–Crippen MR) is 92.4 cm³/mol. The van der Waals surface area contributed by atoms with E-state index in [4.69, 9.17) is 4.98 Å². The Morgan fingerprint density at radius 2 is 2.24 bits per heavy atom. The molecule has 1 saturated heterocycles. The Labute approximate surface area is 133 Å². The number of hydrogen-bond donors (Lipinski definition) is 1. The van der Waals surface area contributed by atoms with E-state index >= 15 is 0 Å². The molecule has 0 bridgehead atoms. The van der Waals surface area contributed by atoms with E-state index in [1.54, 1.807) is 0 Å². The predicted octanol–water partition coefficient (Wildman–Crippen LogP) is 2.74. The topological polar surface area (TPSA) is 31.4 Å². The Hall–Kier alpha value is -0.650. The number of aryl methyl sites for hydroxylation is 1. The van der Waals surface area contributed by atoms with Crippen LogP contribution in [0.1, 0.15) is 43.7 Å². The fourth-order valence-corrected chi connectivity index (χ4v) is 4.08. The van der Waals surface area contributed by atoms with Gasteiger partial charge < -0.3 is 15.1 Å². The van der Waals surface area contributed by atoms with Crippen molar-refractivity contribution in [2.75, 3.05) is 38.6 Å². The zero-order chi connectivity index (χ0) is 15.2. The van der Waals surface area contributed by atoms with Gasteiger partial charge in [-0.2, -0.15) is 0 Å². The summed E-state index contributed by atoms with van der Waals surface area (Å²) in [5, 5.41) is 4.70. The number of aromatic nitrogens is 1. The largest absolute Gasteiger partial charge is 0.347 e. The van der Waals surface area contributed by atoms with E-state index < -0.39 is 0 Å². The highest BCUT2D eigenvalue weighted by Crippen LogP contribution is 2.29. The molecule has 21 heavy (non-hydrogen) atoms. The molecule has 0 spiro atoms. The summed E-state index contributed by atoms with van der Waals surface area (Å²) in [5.41, 5.74) is 1.27. The molecule has 0 saturated carbocycles. The SMILES string of the molecule is CCCNCc1sc(N(C)C2CCCN(C)C2)nc1CC. The molecule has 2 rings (SSSR count). The van der Waals surface area contributed by atoms with Crippen molar-refractivity contribution in [3.05, 3.63) is 10.6 Å². The molecule has 1 aliphatic rings. The molecule has 1 aromatic heterocycles. The first-order valence-electron chi connectivity index (χ1n) is 8.26. The van der Waals surface area contributed by atoms with Gasteiger partial charge in [-0.15, -0.1) is 11.3 Å². The van der Waals surface area contributed by atoms with Gasteiger partial charge in [-0.3, -0.25) is 0 Å². The zero-order valence-electron chi connectivity index (χ0n) is 14.0. The molecule has 0 aliphatic carbocycles. The van der Waals surface area contributed by atoms with Crippen molar-refractivity contribution in [2.45, 2.75) is 52.1 Å². The highest BCUT2D eigenvalue weighted by atomic mass is 32.1. The summed E-state index contributed by atoms with van der Waals surface area (Å²) < 4.78 is 0. The second kappa shape index (κ2) is 8.11. The highest BCUT2D eigenvalue weighted by Gasteiger charge is 2.24. The van der Waals surface area contributed by atoms with Crippen molar-refractivity contribution < 1.29 is 0 Å². The average molecular weight is 311 g/mol. The van der Waals surface area contributed by atoms with Gasteiger partial charge in [0.15, 0.2) is 5.13 Å². The molecular formula is C16H30N4S. The molecule has 120 valence electrons. The molecule has 1 fully saturated rings. The molecular weight excluding hydrogens is 280 g/mol. The minimum absolute atomic E-state index is 0.607. The van der Waals surface area contributed by atoms with Gasteiger partial charge in [0, 0.05) is 31.1 Å². The van der Waals surface area contributed by atoms with E-state index in [9.17, 15) is 0 Å². The van der Waals surface area contributed by atoms with Gasteiger partial charge in [0.05, 0.1) is 5.69 Å². The van der Waals surface area contributed by atoms with Crippen LogP contribution >= 0.6 is 11.3 Å². The van der Waals surface area contributed by atoms with E-state index in [0.29, 0.717) is 6.04 Å². The summed E-state index contributed by atoms with van der Waals surface area (Å²) >= 11 is 1.87. The lowest BCUT2D eigenvalue weighted by atomic mass is 10.1. The second-order valence-electron chi connectivity index (χ2n) is 6.07. The van der Waals surface area contributed by atoms with Gasteiger partial charge in [0.25, 0.3) is 0 Å². The third-order valence-corrected chi connectivity index (χ3v) is 5.45. The molecule has 1 N–H and O–H groups in total. The molecule has 4 nitrogen and oxygen atoms in total. The lowest BCUT2D eigenvalue weighted by molar-refractivity contribution is 0.248. The number of likely N-dealkylation sites (tertiary alicyclic amines) is 1. The average Bonchev–Trinajstić information content (AvgIpc) is 2.90. The Morgan fingerprint density at radius 3 is 2.90 bits per heavy atom. The van der Waals surface area contributed by atoms with E-state index in [2.05, 4.69) is 43.1 Å². The first kappa shape index (κ1) is 16.7. The van der Waals surface area contributed by atoms with Gasteiger partial charge in [-0.25, -0.2) is 4.98 Å². The van der Waals surface area contributed by atoms with Crippen LogP contribution in [0, 0.1) is 0 Å². The number of nitrogens with zero attached hydrogens (tertiary/aromatic N) is 3. The molecule has 0 amide bonds. The fourth-order valence-electron chi connectivity index (χ4n) is 2.93. The number of piperidine rings is 1. The molecule has 2 heterocycles. The van der Waals surface area contributed by atoms with Crippen LogP contribution < -0.4 is 10.2 Å². The van der Waals surface area contributed by atoms with Gasteiger partial charge in [-0.05, 0) is 45.8 Å². The van der Waals surface area contributed by atoms with Gasteiger partial charge in [-0.1, -0.05) is 13.8 Å². The van der Waals surface area contributed by atoms with Crippen molar-refractivity contribution >= 4 is 16.5 Å². The molecule has 0 aromatic carbocycles. The maximum absolute atomic E-state index is 4.89. The summed E-state index contributed by atoms with van der Waals surface area (Å²) in [5.74, 6) is 0. The maximum atomic E-state index is 4.89. The number of likely N-dealkylation sites (N-methyl/N-ethyl adjacent to an activating group) is 2. The van der Waals surface area contributed by atoms with E-state index in [-0.39, 0.29) is 0 Å². The first-order valence-corrected chi connectivity index (χ1v) is 9.08. The minimum atomic E-state index is 0.607. The molecule has 1 atom stereocenters. The number of nitrogens with one attached hydrogen (secondary N) is 1. The third-order valence-electron chi connectivity index (χ3n) is 4.26. The smallest absolute Gasteiger partial charge is 0.185 e. The van der Waals surface area contributed by atoms with Crippen molar-refractivity contribution in [3.63, 3.8) is 0 Å². The zero-order valence-corrected chi connectivity index (χ0v) is 14.8. The Morgan fingerprint density at radius 1 is 1.43 bits per heavy atom. The molecule has 1 aromatic rings. The van der Waals surface area contributed by atoms with Crippen LogP contribution in [0.3, 0.4) is 0 Å². The van der Waals surface area contributed by atoms with Crippen molar-refractivity contribution in [1.29, 1.82) is 0 Å². The normalized spacial score (nSPS) is 19.9. The van der Waals surface area contributed by atoms with Crippen LogP contribution in [0.25, 0.3) is 0 Å². The lowest BCUT2D eigenvalue weighted by Crippen LogP contribution is -2.45. The maximum Gasteiger partial charge on any atom is 0.185 e. The summed E-state index contributed by atoms with van der Waals surface area (Å²) in [6.07, 6.45) is 4.78. The van der Waals surface area contributed by atoms with Crippen LogP contribution in [0.4, 0.5) is 5.13 Å². The standard InChI is InChI=1S/C16H30N4S/c1-5-9-17-11-15-14(6-2)18-16(21-15)20(4)13-8-7-10-19(3)12-13/h13,17H,5-12H2,1-4H3. The number of thiazole rings is 1.